The molecule has 0 fully saturated rings. The van der Waals surface area contributed by atoms with E-state index in [2.05, 4.69) is 34.6 Å². The second-order valence-corrected chi connectivity index (χ2v) is 6.21. The first-order chi connectivity index (χ1) is 12.9. The van der Waals surface area contributed by atoms with Crippen LogP contribution in [-0.4, -0.2) is 18.2 Å². The van der Waals surface area contributed by atoms with Gasteiger partial charge in [0.2, 0.25) is 0 Å². The largest absolute Gasteiger partial charge is 0.416 e. The van der Waals surface area contributed by atoms with Gasteiger partial charge in [-0.15, -0.1) is 24.0 Å². The number of rotatable bonds is 7. The van der Waals surface area contributed by atoms with E-state index in [4.69, 9.17) is 4.52 Å². The lowest BCUT2D eigenvalue weighted by molar-refractivity contribution is -0.137. The molecule has 0 aliphatic rings. The summed E-state index contributed by atoms with van der Waals surface area (Å²) in [5.74, 6) is 1.62. The van der Waals surface area contributed by atoms with Crippen molar-refractivity contribution in [2.45, 2.75) is 51.9 Å². The molecule has 2 aromatic rings. The summed E-state index contributed by atoms with van der Waals surface area (Å²) in [7, 11) is 1.62. The van der Waals surface area contributed by atoms with Crippen LogP contribution in [0.2, 0.25) is 0 Å². The highest BCUT2D eigenvalue weighted by Crippen LogP contribution is 2.29. The van der Waals surface area contributed by atoms with E-state index >= 15 is 0 Å². The van der Waals surface area contributed by atoms with Crippen LogP contribution in [0, 0.1) is 0 Å². The molecule has 28 heavy (non-hydrogen) atoms. The number of hydrogen-bond donors (Lipinski definition) is 2. The van der Waals surface area contributed by atoms with Crippen molar-refractivity contribution in [2.75, 3.05) is 7.05 Å². The normalized spacial score (nSPS) is 12.0. The van der Waals surface area contributed by atoms with E-state index in [9.17, 15) is 13.2 Å². The topological polar surface area (TPSA) is 62.5 Å². The first-order valence-electron chi connectivity index (χ1n) is 8.93. The third-order valence-corrected chi connectivity index (χ3v) is 4.38. The maximum atomic E-state index is 12.6. The maximum Gasteiger partial charge on any atom is 0.416 e. The van der Waals surface area contributed by atoms with Gasteiger partial charge in [-0.25, -0.2) is 0 Å². The molecule has 0 unspecified atom stereocenters. The van der Waals surface area contributed by atoms with Crippen LogP contribution in [-0.2, 0) is 19.3 Å². The fourth-order valence-corrected chi connectivity index (χ4v) is 2.70. The van der Waals surface area contributed by atoms with Crippen LogP contribution >= 0.6 is 24.0 Å². The van der Waals surface area contributed by atoms with Crippen molar-refractivity contribution >= 4 is 29.9 Å². The molecule has 1 aromatic carbocycles. The molecule has 0 aliphatic heterocycles. The SMILES string of the molecule is CCC(CC)c1cc(CNC(=NC)NCc2ccc(C(F)(F)F)cc2)on1.I. The zero-order chi connectivity index (χ0) is 19.9. The molecule has 1 heterocycles. The third kappa shape index (κ3) is 6.99. The van der Waals surface area contributed by atoms with E-state index in [-0.39, 0.29) is 24.0 Å². The van der Waals surface area contributed by atoms with Crippen LogP contribution in [0.1, 0.15) is 55.2 Å². The summed E-state index contributed by atoms with van der Waals surface area (Å²) < 4.78 is 43.1. The van der Waals surface area contributed by atoms with E-state index in [1.165, 1.54) is 12.1 Å². The lowest BCUT2D eigenvalue weighted by Gasteiger charge is -2.12. The number of alkyl halides is 3. The molecular formula is C19H26F3IN4O. The standard InChI is InChI=1S/C19H25F3N4O.HI/c1-4-14(5-2)17-10-16(27-26-17)12-25-18(23-3)24-11-13-6-8-15(9-7-13)19(20,21)22;/h6-10,14H,4-5,11-12H2,1-3H3,(H2,23,24,25);1H. The van der Waals surface area contributed by atoms with Gasteiger partial charge >= 0.3 is 6.18 Å². The van der Waals surface area contributed by atoms with Crippen LogP contribution in [0.3, 0.4) is 0 Å². The highest BCUT2D eigenvalue weighted by atomic mass is 127. The molecule has 0 saturated heterocycles. The molecule has 1 aromatic heterocycles. The molecule has 0 amide bonds. The summed E-state index contributed by atoms with van der Waals surface area (Å²) in [4.78, 5) is 4.10. The van der Waals surface area contributed by atoms with Crippen molar-refractivity contribution in [1.82, 2.24) is 15.8 Å². The predicted octanol–water partition coefficient (Wildman–Crippen LogP) is 5.08. The Morgan fingerprint density at radius 2 is 1.71 bits per heavy atom. The van der Waals surface area contributed by atoms with Crippen LogP contribution in [0.4, 0.5) is 13.2 Å². The monoisotopic (exact) mass is 510 g/mol. The molecule has 0 spiro atoms. The van der Waals surface area contributed by atoms with Crippen LogP contribution in [0.5, 0.6) is 0 Å². The number of nitrogens with one attached hydrogen (secondary N) is 2. The van der Waals surface area contributed by atoms with Gasteiger partial charge in [0.25, 0.3) is 0 Å². The van der Waals surface area contributed by atoms with Crippen LogP contribution in [0.15, 0.2) is 39.8 Å². The van der Waals surface area contributed by atoms with Crippen molar-refractivity contribution < 1.29 is 17.7 Å². The third-order valence-electron chi connectivity index (χ3n) is 4.38. The Labute approximate surface area is 180 Å². The maximum absolute atomic E-state index is 12.6. The minimum atomic E-state index is -4.33. The van der Waals surface area contributed by atoms with Crippen LogP contribution < -0.4 is 10.6 Å². The first-order valence-corrected chi connectivity index (χ1v) is 8.93. The molecule has 0 radical (unpaired) electrons. The van der Waals surface area contributed by atoms with E-state index in [0.29, 0.717) is 30.7 Å². The smallest absolute Gasteiger partial charge is 0.359 e. The number of nitrogens with zero attached hydrogens (tertiary/aromatic N) is 2. The number of aromatic nitrogens is 1. The van der Waals surface area contributed by atoms with Gasteiger partial charge in [0, 0.05) is 25.6 Å². The van der Waals surface area contributed by atoms with E-state index < -0.39 is 11.7 Å². The summed E-state index contributed by atoms with van der Waals surface area (Å²) in [5.41, 5.74) is 1.01. The number of aliphatic imine (C=N–C) groups is 1. The van der Waals surface area contributed by atoms with Gasteiger partial charge in [-0.05, 0) is 30.5 Å². The Hall–Kier alpha value is -1.78. The summed E-state index contributed by atoms with van der Waals surface area (Å²) in [6, 6.07) is 6.97. The van der Waals surface area contributed by atoms with E-state index in [1.807, 2.05) is 6.07 Å². The number of halogens is 4. The molecule has 0 bridgehead atoms. The Morgan fingerprint density at radius 3 is 2.25 bits per heavy atom. The van der Waals surface area contributed by atoms with Gasteiger partial charge in [-0.1, -0.05) is 31.1 Å². The molecule has 5 nitrogen and oxygen atoms in total. The van der Waals surface area contributed by atoms with Crippen molar-refractivity contribution in [3.8, 4) is 0 Å². The average Bonchev–Trinajstić information content (AvgIpc) is 3.11. The lowest BCUT2D eigenvalue weighted by Crippen LogP contribution is -2.36. The number of hydrogen-bond acceptors (Lipinski definition) is 3. The van der Waals surface area contributed by atoms with E-state index in [0.717, 1.165) is 36.2 Å². The Balaban J connectivity index is 0.00000392. The summed E-state index contributed by atoms with van der Waals surface area (Å²) in [6.45, 7) is 5.01. The van der Waals surface area contributed by atoms with Gasteiger partial charge in [0.15, 0.2) is 11.7 Å². The van der Waals surface area contributed by atoms with Gasteiger partial charge in [-0.2, -0.15) is 13.2 Å². The molecular weight excluding hydrogens is 484 g/mol. The van der Waals surface area contributed by atoms with Crippen LogP contribution in [0.25, 0.3) is 0 Å². The second-order valence-electron chi connectivity index (χ2n) is 6.21. The quantitative estimate of drug-likeness (QED) is 0.310. The number of benzene rings is 1. The van der Waals surface area contributed by atoms with E-state index in [1.54, 1.807) is 7.05 Å². The van der Waals surface area contributed by atoms with Gasteiger partial charge in [0.1, 0.15) is 0 Å². The fourth-order valence-electron chi connectivity index (χ4n) is 2.70. The lowest BCUT2D eigenvalue weighted by atomic mass is 9.99. The average molecular weight is 510 g/mol. The minimum absolute atomic E-state index is 0. The Kier molecular flexibility index (Phi) is 9.77. The molecule has 0 aliphatic carbocycles. The summed E-state index contributed by atoms with van der Waals surface area (Å²) >= 11 is 0. The molecule has 2 rings (SSSR count). The molecule has 2 N–H and O–H groups in total. The Morgan fingerprint density at radius 1 is 1.11 bits per heavy atom. The second kappa shape index (κ2) is 11.3. The van der Waals surface area contributed by atoms with Gasteiger partial charge < -0.3 is 15.2 Å². The van der Waals surface area contributed by atoms with Crippen molar-refractivity contribution in [3.05, 3.63) is 52.9 Å². The highest BCUT2D eigenvalue weighted by Gasteiger charge is 2.29. The highest BCUT2D eigenvalue weighted by molar-refractivity contribution is 14.0. The molecule has 0 atom stereocenters. The van der Waals surface area contributed by atoms with Crippen molar-refractivity contribution in [1.29, 1.82) is 0 Å². The molecule has 156 valence electrons. The number of guanidine groups is 1. The van der Waals surface area contributed by atoms with Gasteiger partial charge in [0.05, 0.1) is 17.8 Å². The van der Waals surface area contributed by atoms with Gasteiger partial charge in [-0.3, -0.25) is 4.99 Å². The fraction of sp³-hybridized carbons (Fsp3) is 0.474. The van der Waals surface area contributed by atoms with Crippen molar-refractivity contribution in [2.24, 2.45) is 4.99 Å². The zero-order valence-electron chi connectivity index (χ0n) is 16.1. The first kappa shape index (κ1) is 24.3. The molecule has 9 heteroatoms. The summed E-state index contributed by atoms with van der Waals surface area (Å²) in [5, 5.41) is 10.3. The molecule has 0 saturated carbocycles. The minimum Gasteiger partial charge on any atom is -0.359 e. The summed E-state index contributed by atoms with van der Waals surface area (Å²) in [6.07, 6.45) is -2.31. The van der Waals surface area contributed by atoms with Crippen molar-refractivity contribution in [3.63, 3.8) is 0 Å². The predicted molar refractivity (Wildman–Crippen MR) is 114 cm³/mol. The Bertz CT molecular complexity index is 740. The zero-order valence-corrected chi connectivity index (χ0v) is 18.5.